The number of thiophene rings is 1. The number of carboxylic acids is 1. The first-order valence-corrected chi connectivity index (χ1v) is 12.9. The summed E-state index contributed by atoms with van der Waals surface area (Å²) >= 11 is 1.21. The van der Waals surface area contributed by atoms with Crippen molar-refractivity contribution < 1.29 is 19.8 Å². The molecular formula is C28H35NO4S. The normalized spacial score (nSPS) is 18.2. The van der Waals surface area contributed by atoms with Gasteiger partial charge in [0.05, 0.1) is 12.1 Å². The molecule has 3 atom stereocenters. The van der Waals surface area contributed by atoms with Crippen LogP contribution in [0.1, 0.15) is 65.6 Å². The highest BCUT2D eigenvalue weighted by Gasteiger charge is 2.28. The molecule has 2 heterocycles. The number of unbranched alkanes of at least 4 members (excludes halogenated alkanes) is 2. The van der Waals surface area contributed by atoms with E-state index in [0.29, 0.717) is 17.8 Å². The fourth-order valence-corrected chi connectivity index (χ4v) is 5.03. The van der Waals surface area contributed by atoms with Crippen molar-refractivity contribution in [2.24, 2.45) is 5.92 Å². The van der Waals surface area contributed by atoms with E-state index in [4.69, 9.17) is 5.11 Å². The van der Waals surface area contributed by atoms with Crippen LogP contribution in [-0.2, 0) is 11.2 Å². The second-order valence-electron chi connectivity index (χ2n) is 9.00. The van der Waals surface area contributed by atoms with Gasteiger partial charge in [-0.15, -0.1) is 11.3 Å². The van der Waals surface area contributed by atoms with Crippen molar-refractivity contribution in [1.82, 2.24) is 4.90 Å². The number of carbonyl (C=O) groups excluding carboxylic acids is 1. The number of aliphatic hydroxyl groups excluding tert-OH is 1. The molecule has 3 rings (SSSR count). The van der Waals surface area contributed by atoms with Crippen LogP contribution in [0.2, 0.25) is 0 Å². The summed E-state index contributed by atoms with van der Waals surface area (Å²) in [6.45, 7) is 2.56. The molecule has 34 heavy (non-hydrogen) atoms. The first-order chi connectivity index (χ1) is 16.4. The molecule has 1 aliphatic heterocycles. The molecule has 2 N–H and O–H groups in total. The Bertz CT molecular complexity index is 981. The third-order valence-corrected chi connectivity index (χ3v) is 7.42. The maximum absolute atomic E-state index is 12.3. The maximum Gasteiger partial charge on any atom is 0.345 e. The molecule has 0 saturated carbocycles. The van der Waals surface area contributed by atoms with E-state index in [1.54, 1.807) is 12.1 Å². The van der Waals surface area contributed by atoms with Crippen molar-refractivity contribution in [1.29, 1.82) is 0 Å². The molecule has 0 spiro atoms. The van der Waals surface area contributed by atoms with Crippen LogP contribution < -0.4 is 0 Å². The summed E-state index contributed by atoms with van der Waals surface area (Å²) in [5.74, 6) is -0.636. The van der Waals surface area contributed by atoms with E-state index in [0.717, 1.165) is 37.0 Å². The van der Waals surface area contributed by atoms with Crippen molar-refractivity contribution in [3.05, 3.63) is 76.0 Å². The number of aliphatic hydroxyl groups is 1. The molecule has 1 fully saturated rings. The van der Waals surface area contributed by atoms with Crippen LogP contribution in [-0.4, -0.2) is 45.7 Å². The van der Waals surface area contributed by atoms with Gasteiger partial charge in [-0.3, -0.25) is 4.79 Å². The Morgan fingerprint density at radius 2 is 1.97 bits per heavy atom. The summed E-state index contributed by atoms with van der Waals surface area (Å²) in [6, 6.07) is 13.9. The summed E-state index contributed by atoms with van der Waals surface area (Å²) in [4.78, 5) is 26.3. The van der Waals surface area contributed by atoms with Crippen LogP contribution in [0, 0.1) is 5.92 Å². The number of carboxylic acid groups (broad SMARTS) is 1. The molecule has 0 radical (unpaired) electrons. The summed E-state index contributed by atoms with van der Waals surface area (Å²) in [7, 11) is 0. The minimum atomic E-state index is -0.926. The van der Waals surface area contributed by atoms with Gasteiger partial charge >= 0.3 is 5.97 Å². The average Bonchev–Trinajstić information content (AvgIpc) is 3.45. The summed E-state index contributed by atoms with van der Waals surface area (Å²) < 4.78 is 0. The molecule has 1 aromatic heterocycles. The van der Waals surface area contributed by atoms with Crippen molar-refractivity contribution in [3.8, 4) is 0 Å². The zero-order valence-corrected chi connectivity index (χ0v) is 20.6. The molecule has 0 unspecified atom stereocenters. The molecule has 0 aliphatic carbocycles. The lowest BCUT2D eigenvalue weighted by atomic mass is 9.95. The van der Waals surface area contributed by atoms with Crippen molar-refractivity contribution in [2.75, 3.05) is 6.54 Å². The van der Waals surface area contributed by atoms with E-state index < -0.39 is 12.1 Å². The van der Waals surface area contributed by atoms with E-state index >= 15 is 0 Å². The number of likely N-dealkylation sites (tertiary alicyclic amines) is 1. The number of amides is 1. The van der Waals surface area contributed by atoms with Gasteiger partial charge in [-0.25, -0.2) is 4.79 Å². The second kappa shape index (κ2) is 13.3. The predicted octanol–water partition coefficient (Wildman–Crippen LogP) is 5.81. The number of rotatable bonds is 13. The Morgan fingerprint density at radius 1 is 1.18 bits per heavy atom. The zero-order chi connectivity index (χ0) is 24.3. The number of hydrogen-bond donors (Lipinski definition) is 2. The van der Waals surface area contributed by atoms with Gasteiger partial charge < -0.3 is 15.1 Å². The third kappa shape index (κ3) is 7.96. The molecule has 5 nitrogen and oxygen atoms in total. The second-order valence-corrected chi connectivity index (χ2v) is 10.1. The fourth-order valence-electron chi connectivity index (χ4n) is 4.25. The van der Waals surface area contributed by atoms with Crippen LogP contribution in [0.4, 0.5) is 0 Å². The van der Waals surface area contributed by atoms with Crippen molar-refractivity contribution in [2.45, 2.75) is 64.0 Å². The lowest BCUT2D eigenvalue weighted by Gasteiger charge is -2.22. The number of nitrogens with zero attached hydrogens (tertiary/aromatic N) is 1. The van der Waals surface area contributed by atoms with Gasteiger partial charge in [0, 0.05) is 17.8 Å². The van der Waals surface area contributed by atoms with E-state index in [-0.39, 0.29) is 17.9 Å². The molecular weight excluding hydrogens is 446 g/mol. The van der Waals surface area contributed by atoms with E-state index in [1.165, 1.54) is 23.3 Å². The van der Waals surface area contributed by atoms with Crippen LogP contribution in [0.15, 0.2) is 60.7 Å². The number of hydrogen-bond acceptors (Lipinski definition) is 4. The number of aromatic carboxylic acids is 1. The summed E-state index contributed by atoms with van der Waals surface area (Å²) in [6.07, 6.45) is 13.9. The molecule has 1 saturated heterocycles. The van der Waals surface area contributed by atoms with Crippen molar-refractivity contribution >= 4 is 29.3 Å². The van der Waals surface area contributed by atoms with Crippen LogP contribution >= 0.6 is 11.3 Å². The van der Waals surface area contributed by atoms with Gasteiger partial charge in [-0.2, -0.15) is 0 Å². The quantitative estimate of drug-likeness (QED) is 0.280. The average molecular weight is 482 g/mol. The van der Waals surface area contributed by atoms with Gasteiger partial charge in [0.15, 0.2) is 0 Å². The van der Waals surface area contributed by atoms with Gasteiger partial charge in [0.2, 0.25) is 5.91 Å². The highest BCUT2D eigenvalue weighted by atomic mass is 32.1. The summed E-state index contributed by atoms with van der Waals surface area (Å²) in [5, 5.41) is 19.6. The Morgan fingerprint density at radius 3 is 2.71 bits per heavy atom. The number of carbonyl (C=O) groups is 2. The first-order valence-electron chi connectivity index (χ1n) is 12.1. The zero-order valence-electron chi connectivity index (χ0n) is 19.8. The smallest absolute Gasteiger partial charge is 0.345 e. The van der Waals surface area contributed by atoms with Gasteiger partial charge in [0.25, 0.3) is 0 Å². The lowest BCUT2D eigenvalue weighted by molar-refractivity contribution is -0.127. The van der Waals surface area contributed by atoms with E-state index in [9.17, 15) is 14.7 Å². The van der Waals surface area contributed by atoms with Crippen LogP contribution in [0.25, 0.3) is 6.08 Å². The highest BCUT2D eigenvalue weighted by molar-refractivity contribution is 7.14. The third-order valence-electron chi connectivity index (χ3n) is 6.38. The Kier molecular flexibility index (Phi) is 10.1. The number of aryl methyl sites for hydroxylation is 1. The monoisotopic (exact) mass is 481 g/mol. The van der Waals surface area contributed by atoms with Gasteiger partial charge in [-0.05, 0) is 55.4 Å². The molecule has 6 heteroatoms. The van der Waals surface area contributed by atoms with Crippen LogP contribution in [0.3, 0.4) is 0 Å². The van der Waals surface area contributed by atoms with Crippen LogP contribution in [0.5, 0.6) is 0 Å². The standard InChI is InChI=1S/C28H35NO4S/c1-21(9-4-2-5-10-22-11-6-3-7-12-22)25(30)17-14-23-15-19-27(31)29(23)20-8-13-24-16-18-26(34-24)28(32)33/h3,6-8,11-14,16-18,21,23,25,30H,2,4-5,9-10,15,19-20H2,1H3,(H,32,33)/b13-8-,17-14+/t21-,23-,25+/m0/s1. The molecule has 1 amide bonds. The Labute approximate surface area is 206 Å². The lowest BCUT2D eigenvalue weighted by Crippen LogP contribution is -2.32. The molecule has 0 bridgehead atoms. The minimum Gasteiger partial charge on any atom is -0.477 e. The van der Waals surface area contributed by atoms with Crippen molar-refractivity contribution in [3.63, 3.8) is 0 Å². The maximum atomic E-state index is 12.3. The SMILES string of the molecule is C[C@@H](CCCCCc1ccccc1)[C@H](O)/C=C/[C@H]1CCC(=O)N1C/C=C\c1ccc(C(=O)O)s1. The Hall–Kier alpha value is -2.70. The molecule has 1 aliphatic rings. The molecule has 182 valence electrons. The number of benzene rings is 1. The first kappa shape index (κ1) is 25.9. The van der Waals surface area contributed by atoms with E-state index in [2.05, 4.69) is 31.2 Å². The van der Waals surface area contributed by atoms with Gasteiger partial charge in [0.1, 0.15) is 4.88 Å². The highest BCUT2D eigenvalue weighted by Crippen LogP contribution is 2.23. The largest absolute Gasteiger partial charge is 0.477 e. The molecule has 1 aromatic carbocycles. The topological polar surface area (TPSA) is 77.8 Å². The Balaban J connectivity index is 1.40. The van der Waals surface area contributed by atoms with E-state index in [1.807, 2.05) is 35.3 Å². The predicted molar refractivity (Wildman–Crippen MR) is 138 cm³/mol. The van der Waals surface area contributed by atoms with Gasteiger partial charge in [-0.1, -0.05) is 68.3 Å². The minimum absolute atomic E-state index is 0.0113. The molecule has 2 aromatic rings. The fraction of sp³-hybridized carbons (Fsp3) is 0.429. The summed E-state index contributed by atoms with van der Waals surface area (Å²) in [5.41, 5.74) is 1.38.